The van der Waals surface area contributed by atoms with Crippen LogP contribution in [0.2, 0.25) is 0 Å². The summed E-state index contributed by atoms with van der Waals surface area (Å²) < 4.78 is 0. The van der Waals surface area contributed by atoms with Gasteiger partial charge in [0.05, 0.1) is 0 Å². The minimum absolute atomic E-state index is 0. The molecular formula is C54H108O8Ti. The summed E-state index contributed by atoms with van der Waals surface area (Å²) in [6, 6.07) is 0. The Hall–Kier alpha value is -0.956. The van der Waals surface area contributed by atoms with Crippen molar-refractivity contribution in [3.63, 3.8) is 0 Å². The smallest absolute Gasteiger partial charge is 2.00 e. The van der Waals surface area contributed by atoms with Crippen LogP contribution in [-0.2, 0) is 47.1 Å². The van der Waals surface area contributed by atoms with Gasteiger partial charge in [0, 0.05) is 19.3 Å². The quantitative estimate of drug-likeness (QED) is 0.0405. The molecule has 0 aromatic rings. The first-order chi connectivity index (χ1) is 28.9. The van der Waals surface area contributed by atoms with E-state index >= 15 is 0 Å². The van der Waals surface area contributed by atoms with E-state index in [2.05, 4.69) is 41.5 Å². The summed E-state index contributed by atoms with van der Waals surface area (Å²) in [5.74, 6) is 0.636. The summed E-state index contributed by atoms with van der Waals surface area (Å²) >= 11 is 0. The van der Waals surface area contributed by atoms with Crippen molar-refractivity contribution in [3.05, 3.63) is 0 Å². The number of unbranched alkanes of at least 4 members (excludes halogenated alkanes) is 33. The Morgan fingerprint density at radius 1 is 0.254 bits per heavy atom. The molecule has 3 N–H and O–H groups in total. The van der Waals surface area contributed by atoms with Crippen LogP contribution in [0.1, 0.15) is 311 Å². The van der Waals surface area contributed by atoms with E-state index in [1.807, 2.05) is 0 Å². The Labute approximate surface area is 407 Å². The number of hydrogen-bond donors (Lipinski definition) is 3. The summed E-state index contributed by atoms with van der Waals surface area (Å²) in [6.45, 7) is 13.8. The van der Waals surface area contributed by atoms with Crippen molar-refractivity contribution >= 4 is 17.9 Å². The van der Waals surface area contributed by atoms with Crippen molar-refractivity contribution < 1.29 is 62.4 Å². The van der Waals surface area contributed by atoms with Crippen LogP contribution in [0.3, 0.4) is 0 Å². The van der Waals surface area contributed by atoms with Crippen molar-refractivity contribution in [1.82, 2.24) is 0 Å². The Kier molecular flexibility index (Phi) is 73.8. The van der Waals surface area contributed by atoms with Crippen LogP contribution >= 0.6 is 0 Å². The Morgan fingerprint density at radius 2 is 0.365 bits per heavy atom. The standard InChI is InChI=1S/3C18H36O2.2O.Ti/c3*1-17(2)15-13-11-9-7-5-3-4-6-8-10-12-14-16-18(19)20;;;/h3*17H,3-16H2,1-2H3,(H,19,20);;;/q;;;2*-2;+4. The normalized spacial score (nSPS) is 10.6. The number of carboxylic acids is 3. The van der Waals surface area contributed by atoms with E-state index in [1.165, 1.54) is 212 Å². The maximum atomic E-state index is 10.3. The third-order valence-electron chi connectivity index (χ3n) is 11.8. The van der Waals surface area contributed by atoms with Crippen LogP contribution < -0.4 is 0 Å². The molecular weight excluding hydrogens is 824 g/mol. The predicted molar refractivity (Wildman–Crippen MR) is 263 cm³/mol. The van der Waals surface area contributed by atoms with Crippen LogP contribution in [0.4, 0.5) is 0 Å². The van der Waals surface area contributed by atoms with Crippen molar-refractivity contribution in [1.29, 1.82) is 0 Å². The van der Waals surface area contributed by atoms with Gasteiger partial charge in [0.1, 0.15) is 0 Å². The number of carboxylic acid groups (broad SMARTS) is 3. The van der Waals surface area contributed by atoms with Crippen LogP contribution in [0, 0.1) is 17.8 Å². The predicted octanol–water partition coefficient (Wildman–Crippen LogP) is 18.3. The van der Waals surface area contributed by atoms with E-state index < -0.39 is 17.9 Å². The first kappa shape index (κ1) is 73.6. The summed E-state index contributed by atoms with van der Waals surface area (Å²) in [5, 5.41) is 25.6. The average Bonchev–Trinajstić information content (AvgIpc) is 3.18. The molecule has 0 heterocycles. The minimum Gasteiger partial charge on any atom is -2.00 e. The van der Waals surface area contributed by atoms with E-state index in [-0.39, 0.29) is 32.7 Å². The monoisotopic (exact) mass is 933 g/mol. The fourth-order valence-corrected chi connectivity index (χ4v) is 7.79. The molecule has 0 aromatic carbocycles. The number of aliphatic carboxylic acids is 3. The maximum absolute atomic E-state index is 10.3. The fourth-order valence-electron chi connectivity index (χ4n) is 7.79. The third-order valence-corrected chi connectivity index (χ3v) is 11.8. The number of rotatable bonds is 45. The number of hydrogen-bond acceptors (Lipinski definition) is 3. The zero-order valence-electron chi connectivity index (χ0n) is 42.8. The Bertz CT molecular complexity index is 757. The molecule has 63 heavy (non-hydrogen) atoms. The molecule has 8 nitrogen and oxygen atoms in total. The Balaban J connectivity index is -0.000000189. The first-order valence-corrected chi connectivity index (χ1v) is 26.5. The molecule has 0 aliphatic carbocycles. The van der Waals surface area contributed by atoms with E-state index in [4.69, 9.17) is 15.3 Å². The van der Waals surface area contributed by atoms with E-state index in [0.29, 0.717) is 19.3 Å². The molecule has 0 amide bonds. The van der Waals surface area contributed by atoms with Gasteiger partial charge < -0.3 is 26.3 Å². The molecule has 0 saturated carbocycles. The van der Waals surface area contributed by atoms with Gasteiger partial charge in [0.25, 0.3) is 0 Å². The van der Waals surface area contributed by atoms with Crippen LogP contribution in [-0.4, -0.2) is 33.2 Å². The van der Waals surface area contributed by atoms with E-state index in [0.717, 1.165) is 56.3 Å². The summed E-state index contributed by atoms with van der Waals surface area (Å²) in [4.78, 5) is 31.0. The molecule has 0 rings (SSSR count). The third kappa shape index (κ3) is 85.0. The van der Waals surface area contributed by atoms with Gasteiger partial charge in [-0.05, 0) is 37.0 Å². The fraction of sp³-hybridized carbons (Fsp3) is 0.944. The topological polar surface area (TPSA) is 169 Å². The van der Waals surface area contributed by atoms with Crippen molar-refractivity contribution in [2.24, 2.45) is 17.8 Å². The van der Waals surface area contributed by atoms with Gasteiger partial charge in [-0.25, -0.2) is 0 Å². The van der Waals surface area contributed by atoms with Gasteiger partial charge in [-0.1, -0.05) is 273 Å². The second-order valence-electron chi connectivity index (χ2n) is 19.7. The largest absolute Gasteiger partial charge is 4.00 e. The molecule has 0 aliphatic heterocycles. The van der Waals surface area contributed by atoms with E-state index in [9.17, 15) is 14.4 Å². The van der Waals surface area contributed by atoms with E-state index in [1.54, 1.807) is 0 Å². The average molecular weight is 933 g/mol. The van der Waals surface area contributed by atoms with Gasteiger partial charge >= 0.3 is 39.6 Å². The van der Waals surface area contributed by atoms with Gasteiger partial charge in [0.15, 0.2) is 0 Å². The zero-order chi connectivity index (χ0) is 45.2. The minimum atomic E-state index is -0.654. The molecule has 0 radical (unpaired) electrons. The molecule has 0 bridgehead atoms. The van der Waals surface area contributed by atoms with Gasteiger partial charge in [-0.2, -0.15) is 0 Å². The molecule has 0 aromatic heterocycles. The molecule has 0 aliphatic rings. The van der Waals surface area contributed by atoms with Gasteiger partial charge in [-0.3, -0.25) is 14.4 Å². The molecule has 0 fully saturated rings. The second-order valence-corrected chi connectivity index (χ2v) is 19.7. The van der Waals surface area contributed by atoms with Crippen molar-refractivity contribution in [3.8, 4) is 0 Å². The van der Waals surface area contributed by atoms with Gasteiger partial charge in [0.2, 0.25) is 0 Å². The van der Waals surface area contributed by atoms with Crippen molar-refractivity contribution in [2.75, 3.05) is 0 Å². The summed E-state index contributed by atoms with van der Waals surface area (Å²) in [6.07, 6.45) is 52.0. The molecule has 376 valence electrons. The van der Waals surface area contributed by atoms with Crippen molar-refractivity contribution in [2.45, 2.75) is 311 Å². The van der Waals surface area contributed by atoms with Crippen LogP contribution in [0.15, 0.2) is 0 Å². The Morgan fingerprint density at radius 3 is 0.476 bits per heavy atom. The zero-order valence-corrected chi connectivity index (χ0v) is 44.4. The SMILES string of the molecule is CC(C)CCCCCCCCCCCCCCC(=O)O.CC(C)CCCCCCCCCCCCCCC(=O)O.CC(C)CCCCCCCCCCCCCCC(=O)O.[O-2].[O-2].[Ti+4]. The second kappa shape index (κ2) is 63.1. The maximum Gasteiger partial charge on any atom is 4.00 e. The first-order valence-electron chi connectivity index (χ1n) is 26.5. The number of carbonyl (C=O) groups is 3. The molecule has 0 unspecified atom stereocenters. The molecule has 0 spiro atoms. The molecule has 0 saturated heterocycles. The van der Waals surface area contributed by atoms with Gasteiger partial charge in [-0.15, -0.1) is 0 Å². The summed E-state index contributed by atoms with van der Waals surface area (Å²) in [7, 11) is 0. The van der Waals surface area contributed by atoms with Crippen LogP contribution in [0.25, 0.3) is 0 Å². The summed E-state index contributed by atoms with van der Waals surface area (Å²) in [5.41, 5.74) is 0. The molecule has 0 atom stereocenters. The van der Waals surface area contributed by atoms with Crippen LogP contribution in [0.5, 0.6) is 0 Å². The molecule has 9 heteroatoms.